The van der Waals surface area contributed by atoms with Gasteiger partial charge in [-0.05, 0) is 28.7 Å². The zero-order valence-corrected chi connectivity index (χ0v) is 15.5. The summed E-state index contributed by atoms with van der Waals surface area (Å²) in [5, 5.41) is 11.7. The van der Waals surface area contributed by atoms with Crippen LogP contribution in [0.1, 0.15) is 41.0 Å². The Balaban J connectivity index is 1.74. The molecule has 3 aromatic rings. The average Bonchev–Trinajstić information content (AvgIpc) is 2.74. The van der Waals surface area contributed by atoms with Crippen molar-refractivity contribution >= 4 is 11.6 Å². The maximum absolute atomic E-state index is 13.4. The van der Waals surface area contributed by atoms with Crippen LogP contribution in [-0.2, 0) is 21.6 Å². The first kappa shape index (κ1) is 18.3. The Kier molecular flexibility index (Phi) is 4.93. The van der Waals surface area contributed by atoms with E-state index in [0.717, 1.165) is 11.1 Å². The molecule has 0 heterocycles. The van der Waals surface area contributed by atoms with Crippen molar-refractivity contribution in [3.8, 4) is 0 Å². The van der Waals surface area contributed by atoms with E-state index >= 15 is 0 Å². The highest BCUT2D eigenvalue weighted by Gasteiger charge is 2.40. The minimum atomic E-state index is -1.48. The van der Waals surface area contributed by atoms with E-state index in [1.54, 1.807) is 0 Å². The number of aryl methyl sites for hydroxylation is 1. The van der Waals surface area contributed by atoms with Gasteiger partial charge in [0.25, 0.3) is 0 Å². The molecule has 0 saturated carbocycles. The Hall–Kier alpha value is -3.04. The lowest BCUT2D eigenvalue weighted by molar-refractivity contribution is -0.132. The van der Waals surface area contributed by atoms with Crippen molar-refractivity contribution < 1.29 is 14.7 Å². The van der Waals surface area contributed by atoms with Crippen LogP contribution in [0.4, 0.5) is 0 Å². The number of carbonyl (C=O) groups excluding carboxylic acids is 2. The molecule has 4 rings (SSSR count). The van der Waals surface area contributed by atoms with Crippen LogP contribution < -0.4 is 0 Å². The molecule has 28 heavy (non-hydrogen) atoms. The molecule has 1 N–H and O–H groups in total. The van der Waals surface area contributed by atoms with Crippen LogP contribution in [0.3, 0.4) is 0 Å². The summed E-state index contributed by atoms with van der Waals surface area (Å²) < 4.78 is 0. The summed E-state index contributed by atoms with van der Waals surface area (Å²) in [5.41, 5.74) is 1.64. The lowest BCUT2D eigenvalue weighted by atomic mass is 9.74. The Labute approximate surface area is 164 Å². The van der Waals surface area contributed by atoms with Gasteiger partial charge in [0, 0.05) is 12.8 Å². The summed E-state index contributed by atoms with van der Waals surface area (Å²) >= 11 is 0. The zero-order valence-electron chi connectivity index (χ0n) is 15.5. The Morgan fingerprint density at radius 2 is 1.36 bits per heavy atom. The van der Waals surface area contributed by atoms with Gasteiger partial charge in [0.15, 0.2) is 5.78 Å². The van der Waals surface area contributed by atoms with Crippen molar-refractivity contribution in [3.05, 3.63) is 107 Å². The predicted molar refractivity (Wildman–Crippen MR) is 108 cm³/mol. The fourth-order valence-electron chi connectivity index (χ4n) is 4.12. The molecule has 0 radical (unpaired) electrons. The van der Waals surface area contributed by atoms with E-state index in [2.05, 4.69) is 0 Å². The summed E-state index contributed by atoms with van der Waals surface area (Å²) in [6, 6.07) is 26.0. The van der Waals surface area contributed by atoms with E-state index in [9.17, 15) is 14.7 Å². The van der Waals surface area contributed by atoms with E-state index in [1.807, 2.05) is 84.9 Å². The van der Waals surface area contributed by atoms with Crippen LogP contribution in [-0.4, -0.2) is 16.7 Å². The molecule has 1 aliphatic rings. The lowest BCUT2D eigenvalue weighted by Gasteiger charge is -2.31. The third kappa shape index (κ3) is 3.30. The van der Waals surface area contributed by atoms with Crippen LogP contribution in [0, 0.1) is 0 Å². The minimum absolute atomic E-state index is 0.0628. The molecular weight excluding hydrogens is 348 g/mol. The molecule has 3 heteroatoms. The molecule has 1 aliphatic carbocycles. The highest BCUT2D eigenvalue weighted by molar-refractivity contribution is 6.09. The zero-order chi connectivity index (χ0) is 19.6. The van der Waals surface area contributed by atoms with Gasteiger partial charge in [-0.3, -0.25) is 9.59 Å². The second-order valence-electron chi connectivity index (χ2n) is 7.33. The number of carbonyl (C=O) groups is 2. The van der Waals surface area contributed by atoms with Gasteiger partial charge >= 0.3 is 0 Å². The maximum Gasteiger partial charge on any atom is 0.151 e. The monoisotopic (exact) mass is 370 g/mol. The molecule has 0 aromatic heterocycles. The third-order valence-corrected chi connectivity index (χ3v) is 5.58. The molecule has 0 bridgehead atoms. The summed E-state index contributed by atoms with van der Waals surface area (Å²) in [6.07, 6.45) is 0.884. The molecule has 0 amide bonds. The first-order chi connectivity index (χ1) is 13.6. The van der Waals surface area contributed by atoms with E-state index in [0.29, 0.717) is 24.0 Å². The number of ketones is 2. The standard InChI is InChI=1S/C25H22O3/c26-22-16-15-18-9-7-8-14-21(18)24(22)23(27)17-25(28,19-10-3-1-4-11-19)20-12-5-2-6-13-20/h1-14,24,28H,15-17H2. The normalized spacial score (nSPS) is 16.5. The molecule has 3 aromatic carbocycles. The van der Waals surface area contributed by atoms with Crippen molar-refractivity contribution in [2.45, 2.75) is 30.8 Å². The second kappa shape index (κ2) is 7.53. The van der Waals surface area contributed by atoms with Crippen LogP contribution >= 0.6 is 0 Å². The Morgan fingerprint density at radius 3 is 1.96 bits per heavy atom. The van der Waals surface area contributed by atoms with Gasteiger partial charge in [-0.1, -0.05) is 84.9 Å². The van der Waals surface area contributed by atoms with Gasteiger partial charge in [-0.15, -0.1) is 0 Å². The Morgan fingerprint density at radius 1 is 0.821 bits per heavy atom. The van der Waals surface area contributed by atoms with E-state index in [1.165, 1.54) is 0 Å². The van der Waals surface area contributed by atoms with Gasteiger partial charge in [-0.2, -0.15) is 0 Å². The molecule has 140 valence electrons. The molecule has 0 aliphatic heterocycles. The molecular formula is C25H22O3. The highest BCUT2D eigenvalue weighted by Crippen LogP contribution is 2.37. The number of fused-ring (bicyclic) bond motifs is 1. The predicted octanol–water partition coefficient (Wildman–Crippen LogP) is 4.18. The van der Waals surface area contributed by atoms with Gasteiger partial charge < -0.3 is 5.11 Å². The average molecular weight is 370 g/mol. The number of aliphatic hydroxyl groups is 1. The number of rotatable bonds is 5. The van der Waals surface area contributed by atoms with Crippen molar-refractivity contribution in [3.63, 3.8) is 0 Å². The van der Waals surface area contributed by atoms with E-state index < -0.39 is 11.5 Å². The molecule has 0 fully saturated rings. The number of hydrogen-bond acceptors (Lipinski definition) is 3. The fourth-order valence-corrected chi connectivity index (χ4v) is 4.12. The summed E-state index contributed by atoms with van der Waals surface area (Å²) in [4.78, 5) is 26.0. The first-order valence-corrected chi connectivity index (χ1v) is 9.56. The molecule has 0 spiro atoms. The Bertz CT molecular complexity index is 953. The minimum Gasteiger partial charge on any atom is -0.380 e. The SMILES string of the molecule is O=C1CCc2ccccc2C1C(=O)CC(O)(c1ccccc1)c1ccccc1. The second-order valence-corrected chi connectivity index (χ2v) is 7.33. The van der Waals surface area contributed by atoms with E-state index in [4.69, 9.17) is 0 Å². The van der Waals surface area contributed by atoms with Gasteiger partial charge in [0.2, 0.25) is 0 Å². The lowest BCUT2D eigenvalue weighted by Crippen LogP contribution is -2.35. The number of benzene rings is 3. The van der Waals surface area contributed by atoms with Crippen LogP contribution in [0.2, 0.25) is 0 Å². The van der Waals surface area contributed by atoms with Crippen LogP contribution in [0.5, 0.6) is 0 Å². The smallest absolute Gasteiger partial charge is 0.151 e. The first-order valence-electron chi connectivity index (χ1n) is 9.56. The molecule has 0 saturated heterocycles. The third-order valence-electron chi connectivity index (χ3n) is 5.58. The van der Waals surface area contributed by atoms with Gasteiger partial charge in [0.05, 0.1) is 0 Å². The van der Waals surface area contributed by atoms with Crippen LogP contribution in [0.25, 0.3) is 0 Å². The number of Topliss-reactive ketones (excluding diaryl/α,β-unsaturated/α-hetero) is 2. The largest absolute Gasteiger partial charge is 0.380 e. The topological polar surface area (TPSA) is 54.4 Å². The van der Waals surface area contributed by atoms with Crippen molar-refractivity contribution in [1.29, 1.82) is 0 Å². The molecule has 3 nitrogen and oxygen atoms in total. The van der Waals surface area contributed by atoms with Crippen molar-refractivity contribution in [1.82, 2.24) is 0 Å². The molecule has 1 unspecified atom stereocenters. The molecule has 1 atom stereocenters. The van der Waals surface area contributed by atoms with Gasteiger partial charge in [-0.25, -0.2) is 0 Å². The summed E-state index contributed by atoms with van der Waals surface area (Å²) in [5.74, 6) is -1.11. The van der Waals surface area contributed by atoms with Crippen molar-refractivity contribution in [2.24, 2.45) is 0 Å². The maximum atomic E-state index is 13.4. The van der Waals surface area contributed by atoms with Crippen LogP contribution in [0.15, 0.2) is 84.9 Å². The summed E-state index contributed by atoms with van der Waals surface area (Å²) in [7, 11) is 0. The highest BCUT2D eigenvalue weighted by atomic mass is 16.3. The fraction of sp³-hybridized carbons (Fsp3) is 0.200. The van der Waals surface area contributed by atoms with Gasteiger partial charge in [0.1, 0.15) is 17.3 Å². The van der Waals surface area contributed by atoms with E-state index in [-0.39, 0.29) is 18.0 Å². The number of hydrogen-bond donors (Lipinski definition) is 1. The summed E-state index contributed by atoms with van der Waals surface area (Å²) in [6.45, 7) is 0. The van der Waals surface area contributed by atoms with Crippen molar-refractivity contribution in [2.75, 3.05) is 0 Å². The quantitative estimate of drug-likeness (QED) is 0.686.